The van der Waals surface area contributed by atoms with Crippen LogP contribution >= 0.6 is 0 Å². The van der Waals surface area contributed by atoms with Crippen LogP contribution in [-0.2, 0) is 16.0 Å². The molecule has 230 valence electrons. The van der Waals surface area contributed by atoms with E-state index in [0.29, 0.717) is 41.2 Å². The van der Waals surface area contributed by atoms with Gasteiger partial charge in [0.05, 0.1) is 16.8 Å². The van der Waals surface area contributed by atoms with Crippen molar-refractivity contribution < 1.29 is 23.8 Å². The summed E-state index contributed by atoms with van der Waals surface area (Å²) in [7, 11) is 0. The van der Waals surface area contributed by atoms with Crippen LogP contribution in [0, 0.1) is 0 Å². The van der Waals surface area contributed by atoms with Crippen LogP contribution in [0.4, 0.5) is 21.4 Å². The average molecular weight is 601 g/mol. The third kappa shape index (κ3) is 6.96. The van der Waals surface area contributed by atoms with E-state index in [1.807, 2.05) is 19.1 Å². The Labute approximate surface area is 255 Å². The van der Waals surface area contributed by atoms with Gasteiger partial charge in [-0.2, -0.15) is 0 Å². The molecule has 5 rings (SSSR count). The van der Waals surface area contributed by atoms with Gasteiger partial charge in [-0.15, -0.1) is 0 Å². The Morgan fingerprint density at radius 3 is 2.39 bits per heavy atom. The number of pyridine rings is 2. The number of rotatable bonds is 4. The summed E-state index contributed by atoms with van der Waals surface area (Å²) in [5.41, 5.74) is -0.147. The molecule has 12 nitrogen and oxygen atoms in total. The van der Waals surface area contributed by atoms with Gasteiger partial charge < -0.3 is 14.2 Å². The molecule has 2 amide bonds. The molecule has 3 aromatic heterocycles. The van der Waals surface area contributed by atoms with Crippen molar-refractivity contribution in [3.05, 3.63) is 65.2 Å². The molecule has 4 heterocycles. The van der Waals surface area contributed by atoms with Gasteiger partial charge in [-0.1, -0.05) is 6.07 Å². The highest BCUT2D eigenvalue weighted by Gasteiger charge is 2.34. The second kappa shape index (κ2) is 11.6. The largest absolute Gasteiger partial charge is 0.457 e. The van der Waals surface area contributed by atoms with E-state index < -0.39 is 23.4 Å². The van der Waals surface area contributed by atoms with Crippen LogP contribution in [0.1, 0.15) is 54.9 Å². The Balaban J connectivity index is 1.36. The Morgan fingerprint density at radius 2 is 1.66 bits per heavy atom. The highest BCUT2D eigenvalue weighted by atomic mass is 16.6. The van der Waals surface area contributed by atoms with Crippen molar-refractivity contribution in [2.45, 2.75) is 78.7 Å². The number of nitrogens with one attached hydrogen (secondary N) is 1. The third-order valence-electron chi connectivity index (χ3n) is 6.58. The van der Waals surface area contributed by atoms with E-state index in [-0.39, 0.29) is 23.4 Å². The molecule has 1 aliphatic rings. The molecule has 1 unspecified atom stereocenters. The fraction of sp³-hybridized carbons (Fsp3) is 0.375. The second-order valence-electron chi connectivity index (χ2n) is 12.6. The Bertz CT molecular complexity index is 1790. The van der Waals surface area contributed by atoms with E-state index in [0.717, 1.165) is 5.39 Å². The Morgan fingerprint density at radius 1 is 0.932 bits per heavy atom. The maximum absolute atomic E-state index is 13.6. The molecule has 0 spiro atoms. The standard InChI is InChI=1S/C32H36N6O6/c1-19-13-15-37-27(39)23(18-34-28(37)38(19)30(41)44-32(5,6)7)25-10-8-20-16-21(9-11-24(20)35-25)42-22-12-14-33-26(17-22)36-29(40)43-31(2,3)4/h8-12,14,16-19H,13,15H2,1-7H3,(H,33,36,40). The third-order valence-corrected chi connectivity index (χ3v) is 6.58. The topological polar surface area (TPSA) is 138 Å². The van der Waals surface area contributed by atoms with Gasteiger partial charge in [-0.25, -0.2) is 29.4 Å². The summed E-state index contributed by atoms with van der Waals surface area (Å²) in [4.78, 5) is 53.4. The molecule has 44 heavy (non-hydrogen) atoms. The quantitative estimate of drug-likeness (QED) is 0.277. The van der Waals surface area contributed by atoms with Crippen LogP contribution in [0.5, 0.6) is 11.5 Å². The van der Waals surface area contributed by atoms with Crippen LogP contribution < -0.4 is 20.5 Å². The fourth-order valence-corrected chi connectivity index (χ4v) is 4.67. The zero-order valence-corrected chi connectivity index (χ0v) is 25.9. The minimum Gasteiger partial charge on any atom is -0.457 e. The van der Waals surface area contributed by atoms with Gasteiger partial charge in [0.15, 0.2) is 0 Å². The molecule has 12 heteroatoms. The van der Waals surface area contributed by atoms with Crippen molar-refractivity contribution in [1.82, 2.24) is 19.5 Å². The summed E-state index contributed by atoms with van der Waals surface area (Å²) in [6.45, 7) is 13.1. The van der Waals surface area contributed by atoms with Crippen molar-refractivity contribution >= 4 is 34.9 Å². The van der Waals surface area contributed by atoms with E-state index in [9.17, 15) is 14.4 Å². The van der Waals surface area contributed by atoms with Crippen molar-refractivity contribution in [3.8, 4) is 22.8 Å². The van der Waals surface area contributed by atoms with Crippen molar-refractivity contribution in [2.24, 2.45) is 0 Å². The number of amides is 2. The highest BCUT2D eigenvalue weighted by molar-refractivity contribution is 5.87. The van der Waals surface area contributed by atoms with Gasteiger partial charge >= 0.3 is 12.2 Å². The van der Waals surface area contributed by atoms with Crippen LogP contribution in [0.25, 0.3) is 22.2 Å². The maximum Gasteiger partial charge on any atom is 0.417 e. The first kappa shape index (κ1) is 30.5. The molecule has 0 radical (unpaired) electrons. The predicted molar refractivity (Wildman–Crippen MR) is 166 cm³/mol. The summed E-state index contributed by atoms with van der Waals surface area (Å²) >= 11 is 0. The van der Waals surface area contributed by atoms with E-state index in [2.05, 4.69) is 15.3 Å². The average Bonchev–Trinajstić information content (AvgIpc) is 2.91. The zero-order valence-electron chi connectivity index (χ0n) is 25.9. The minimum absolute atomic E-state index is 0.169. The molecule has 4 aromatic rings. The van der Waals surface area contributed by atoms with Crippen LogP contribution in [-0.4, -0.2) is 48.9 Å². The number of hydrogen-bond donors (Lipinski definition) is 1. The number of benzene rings is 1. The first-order chi connectivity index (χ1) is 20.7. The minimum atomic E-state index is -0.681. The number of carbonyl (C=O) groups excluding carboxylic acids is 2. The predicted octanol–water partition coefficient (Wildman–Crippen LogP) is 6.53. The lowest BCUT2D eigenvalue weighted by molar-refractivity contribution is 0.0553. The van der Waals surface area contributed by atoms with Crippen LogP contribution in [0.15, 0.2) is 59.7 Å². The second-order valence-corrected chi connectivity index (χ2v) is 12.6. The van der Waals surface area contributed by atoms with E-state index in [1.54, 1.807) is 71.9 Å². The lowest BCUT2D eigenvalue weighted by Crippen LogP contribution is -2.49. The normalized spacial score (nSPS) is 15.0. The highest BCUT2D eigenvalue weighted by Crippen LogP contribution is 2.29. The van der Waals surface area contributed by atoms with Gasteiger partial charge in [-0.3, -0.25) is 14.7 Å². The van der Waals surface area contributed by atoms with Crippen molar-refractivity contribution in [3.63, 3.8) is 0 Å². The molecular formula is C32H36N6O6. The summed E-state index contributed by atoms with van der Waals surface area (Å²) in [5, 5.41) is 3.39. The molecule has 1 aromatic carbocycles. The molecule has 0 saturated heterocycles. The van der Waals surface area contributed by atoms with Gasteiger partial charge in [0.1, 0.15) is 28.5 Å². The smallest absolute Gasteiger partial charge is 0.417 e. The number of fused-ring (bicyclic) bond motifs is 2. The van der Waals surface area contributed by atoms with Crippen molar-refractivity contribution in [2.75, 3.05) is 10.2 Å². The van der Waals surface area contributed by atoms with E-state index >= 15 is 0 Å². The Kier molecular flexibility index (Phi) is 8.02. The van der Waals surface area contributed by atoms with Crippen LogP contribution in [0.3, 0.4) is 0 Å². The summed E-state index contributed by atoms with van der Waals surface area (Å²) in [6, 6.07) is 12.1. The summed E-state index contributed by atoms with van der Waals surface area (Å²) in [6.07, 6.45) is 2.42. The molecule has 0 aliphatic carbocycles. The lowest BCUT2D eigenvalue weighted by atomic mass is 10.1. The molecule has 1 aliphatic heterocycles. The number of anilines is 2. The van der Waals surface area contributed by atoms with Gasteiger partial charge in [0.25, 0.3) is 5.56 Å². The Hall–Kier alpha value is -5.00. The maximum atomic E-state index is 13.6. The number of aromatic nitrogens is 4. The molecule has 0 saturated carbocycles. The lowest BCUT2D eigenvalue weighted by Gasteiger charge is -2.35. The molecule has 0 bridgehead atoms. The molecular weight excluding hydrogens is 564 g/mol. The number of nitrogens with zero attached hydrogens (tertiary/aromatic N) is 5. The molecule has 1 N–H and O–H groups in total. The first-order valence-corrected chi connectivity index (χ1v) is 14.3. The van der Waals surface area contributed by atoms with Crippen LogP contribution in [0.2, 0.25) is 0 Å². The number of ether oxygens (including phenoxy) is 3. The zero-order chi connectivity index (χ0) is 31.8. The van der Waals surface area contributed by atoms with Crippen molar-refractivity contribution in [1.29, 1.82) is 0 Å². The first-order valence-electron chi connectivity index (χ1n) is 14.3. The summed E-state index contributed by atoms with van der Waals surface area (Å²) < 4.78 is 18.4. The SMILES string of the molecule is CC1CCn2c(ncc(-c3ccc4cc(Oc5ccnc(NC(=O)OC(C)(C)C)c5)ccc4n3)c2=O)N1C(=O)OC(C)(C)C. The van der Waals surface area contributed by atoms with Gasteiger partial charge in [0.2, 0.25) is 5.95 Å². The summed E-state index contributed by atoms with van der Waals surface area (Å²) in [5.74, 6) is 1.57. The molecule has 1 atom stereocenters. The molecule has 0 fully saturated rings. The number of carbonyl (C=O) groups is 2. The van der Waals surface area contributed by atoms with E-state index in [4.69, 9.17) is 19.2 Å². The van der Waals surface area contributed by atoms with E-state index in [1.165, 1.54) is 21.9 Å². The van der Waals surface area contributed by atoms with Gasteiger partial charge in [0, 0.05) is 36.4 Å². The fourth-order valence-electron chi connectivity index (χ4n) is 4.67. The number of hydrogen-bond acceptors (Lipinski definition) is 9. The monoisotopic (exact) mass is 600 g/mol. The van der Waals surface area contributed by atoms with Gasteiger partial charge in [-0.05, 0) is 85.2 Å².